The molecule has 0 spiro atoms. The second kappa shape index (κ2) is 8.39. The molecule has 0 bridgehead atoms. The number of hydrazine groups is 1. The van der Waals surface area contributed by atoms with Gasteiger partial charge in [-0.05, 0) is 50.7 Å². The number of imidazole rings is 1. The van der Waals surface area contributed by atoms with E-state index in [1.165, 1.54) is 12.1 Å². The van der Waals surface area contributed by atoms with E-state index in [4.69, 9.17) is 9.72 Å². The highest BCUT2D eigenvalue weighted by Crippen LogP contribution is 2.50. The van der Waals surface area contributed by atoms with Crippen LogP contribution in [0.2, 0.25) is 0 Å². The second-order valence-corrected chi connectivity index (χ2v) is 9.68. The maximum atomic E-state index is 13.7. The predicted molar refractivity (Wildman–Crippen MR) is 134 cm³/mol. The lowest BCUT2D eigenvalue weighted by atomic mass is 10.0. The van der Waals surface area contributed by atoms with E-state index in [2.05, 4.69) is 21.4 Å². The van der Waals surface area contributed by atoms with Crippen LogP contribution in [0.25, 0.3) is 16.9 Å². The molecular formula is C27H27FN6O2. The molecule has 8 nitrogen and oxygen atoms in total. The third kappa shape index (κ3) is 3.71. The minimum atomic E-state index is -0.339. The van der Waals surface area contributed by atoms with Crippen molar-refractivity contribution < 1.29 is 13.9 Å². The Hall–Kier alpha value is -3.82. The van der Waals surface area contributed by atoms with E-state index >= 15 is 0 Å². The van der Waals surface area contributed by atoms with Crippen molar-refractivity contribution in [3.8, 4) is 11.3 Å². The average Bonchev–Trinajstić information content (AvgIpc) is 3.45. The van der Waals surface area contributed by atoms with Crippen LogP contribution in [0, 0.1) is 5.82 Å². The van der Waals surface area contributed by atoms with Gasteiger partial charge in [0, 0.05) is 42.6 Å². The number of pyridine rings is 2. The van der Waals surface area contributed by atoms with E-state index in [9.17, 15) is 9.18 Å². The topological polar surface area (TPSA) is 75.0 Å². The van der Waals surface area contributed by atoms with Crippen LogP contribution in [0.3, 0.4) is 0 Å². The van der Waals surface area contributed by atoms with Crippen molar-refractivity contribution in [3.63, 3.8) is 0 Å². The lowest BCUT2D eigenvalue weighted by Crippen LogP contribution is -2.31. The summed E-state index contributed by atoms with van der Waals surface area (Å²) in [5, 5.41) is 1.59. The number of hydrogen-bond donors (Lipinski definition) is 1. The van der Waals surface area contributed by atoms with Gasteiger partial charge in [0.05, 0.1) is 29.7 Å². The molecule has 1 saturated carbocycles. The van der Waals surface area contributed by atoms with Crippen molar-refractivity contribution >= 4 is 17.4 Å². The number of amides is 1. The molecule has 0 unspecified atom stereocenters. The Morgan fingerprint density at radius 2 is 1.97 bits per heavy atom. The van der Waals surface area contributed by atoms with Crippen LogP contribution in [0.1, 0.15) is 40.0 Å². The number of fused-ring (bicyclic) bond motifs is 2. The van der Waals surface area contributed by atoms with Crippen LogP contribution < -0.4 is 5.43 Å². The number of carbonyl (C=O) groups excluding carboxylic acids is 1. The number of nitrogens with zero attached hydrogens (tertiary/aromatic N) is 5. The van der Waals surface area contributed by atoms with Gasteiger partial charge < -0.3 is 9.64 Å². The summed E-state index contributed by atoms with van der Waals surface area (Å²) in [5.41, 5.74) is 8.75. The molecule has 4 heterocycles. The van der Waals surface area contributed by atoms with E-state index in [0.717, 1.165) is 40.9 Å². The number of anilines is 1. The maximum absolute atomic E-state index is 13.7. The molecule has 1 N–H and O–H groups in total. The van der Waals surface area contributed by atoms with E-state index in [-0.39, 0.29) is 17.3 Å². The number of nitrogens with one attached hydrogen (secondary N) is 1. The van der Waals surface area contributed by atoms with Crippen molar-refractivity contribution in [2.45, 2.75) is 31.5 Å². The number of halogens is 1. The molecule has 1 fully saturated rings. The summed E-state index contributed by atoms with van der Waals surface area (Å²) in [6.07, 6.45) is 5.33. The van der Waals surface area contributed by atoms with Gasteiger partial charge in [-0.25, -0.2) is 19.4 Å². The molecule has 184 valence electrons. The van der Waals surface area contributed by atoms with Gasteiger partial charge >= 0.3 is 0 Å². The highest BCUT2D eigenvalue weighted by Gasteiger charge is 2.46. The smallest absolute Gasteiger partial charge is 0.272 e. The van der Waals surface area contributed by atoms with Crippen LogP contribution in [0.4, 0.5) is 10.2 Å². The number of aromatic nitrogens is 3. The zero-order valence-corrected chi connectivity index (χ0v) is 20.5. The first-order chi connectivity index (χ1) is 17.4. The second-order valence-electron chi connectivity index (χ2n) is 9.68. The Morgan fingerprint density at radius 1 is 1.17 bits per heavy atom. The molecule has 1 aliphatic heterocycles. The fraction of sp³-hybridized carbons (Fsp3) is 0.296. The van der Waals surface area contributed by atoms with E-state index in [1.54, 1.807) is 24.5 Å². The summed E-state index contributed by atoms with van der Waals surface area (Å²) in [7, 11) is 5.76. The summed E-state index contributed by atoms with van der Waals surface area (Å²) < 4.78 is 21.3. The van der Waals surface area contributed by atoms with E-state index in [0.29, 0.717) is 30.1 Å². The quantitative estimate of drug-likeness (QED) is 0.422. The molecule has 4 aromatic rings. The van der Waals surface area contributed by atoms with Gasteiger partial charge in [0.1, 0.15) is 17.3 Å². The van der Waals surface area contributed by atoms with Gasteiger partial charge in [-0.2, -0.15) is 0 Å². The molecule has 1 aromatic carbocycles. The van der Waals surface area contributed by atoms with Gasteiger partial charge in [-0.3, -0.25) is 14.6 Å². The fourth-order valence-corrected chi connectivity index (χ4v) is 5.05. The molecule has 1 amide bonds. The van der Waals surface area contributed by atoms with Crippen LogP contribution in [-0.4, -0.2) is 51.4 Å². The number of carbonyl (C=O) groups is 1. The first-order valence-electron chi connectivity index (χ1n) is 11.9. The number of benzene rings is 1. The molecule has 6 rings (SSSR count). The SMILES string of the molecule is COC1(c2ccc(NN3Cc4c(cccc4-c4cnc5cc(F)ccn45)C3=O)nc2CN(C)C)CC1. The first kappa shape index (κ1) is 22.6. The largest absolute Gasteiger partial charge is 0.373 e. The molecule has 0 radical (unpaired) electrons. The van der Waals surface area contributed by atoms with Crippen molar-refractivity contribution in [2.24, 2.45) is 0 Å². The Balaban J connectivity index is 1.31. The summed E-state index contributed by atoms with van der Waals surface area (Å²) in [4.78, 5) is 24.6. The molecule has 36 heavy (non-hydrogen) atoms. The Bertz CT molecular complexity index is 1490. The normalized spacial score (nSPS) is 16.1. The van der Waals surface area contributed by atoms with E-state index in [1.807, 2.05) is 42.8 Å². The zero-order chi connectivity index (χ0) is 25.0. The number of ether oxygens (including phenoxy) is 1. The third-order valence-electron chi connectivity index (χ3n) is 6.99. The van der Waals surface area contributed by atoms with Gasteiger partial charge in [-0.1, -0.05) is 18.2 Å². The fourth-order valence-electron chi connectivity index (χ4n) is 5.05. The van der Waals surface area contributed by atoms with Crippen molar-refractivity contribution in [1.82, 2.24) is 24.3 Å². The average molecular weight is 487 g/mol. The number of hydrogen-bond acceptors (Lipinski definition) is 6. The third-order valence-corrected chi connectivity index (χ3v) is 6.99. The summed E-state index contributed by atoms with van der Waals surface area (Å²) >= 11 is 0. The molecule has 2 aliphatic rings. The molecule has 1 aliphatic carbocycles. The van der Waals surface area contributed by atoms with E-state index < -0.39 is 0 Å². The van der Waals surface area contributed by atoms with Crippen molar-refractivity contribution in [2.75, 3.05) is 26.6 Å². The zero-order valence-electron chi connectivity index (χ0n) is 20.5. The summed E-state index contributed by atoms with van der Waals surface area (Å²) in [5.74, 6) is 0.145. The number of methoxy groups -OCH3 is 1. The lowest BCUT2D eigenvalue weighted by molar-refractivity contribution is 0.0770. The predicted octanol–water partition coefficient (Wildman–Crippen LogP) is 4.22. The Morgan fingerprint density at radius 3 is 2.72 bits per heavy atom. The monoisotopic (exact) mass is 486 g/mol. The van der Waals surface area contributed by atoms with Crippen LogP contribution in [0.5, 0.6) is 0 Å². The minimum absolute atomic E-state index is 0.123. The molecule has 9 heteroatoms. The van der Waals surface area contributed by atoms with Gasteiger partial charge in [-0.15, -0.1) is 0 Å². The maximum Gasteiger partial charge on any atom is 0.272 e. The molecule has 0 saturated heterocycles. The highest BCUT2D eigenvalue weighted by atomic mass is 19.1. The van der Waals surface area contributed by atoms with Crippen molar-refractivity contribution in [1.29, 1.82) is 0 Å². The van der Waals surface area contributed by atoms with Gasteiger partial charge in [0.2, 0.25) is 0 Å². The van der Waals surface area contributed by atoms with Crippen molar-refractivity contribution in [3.05, 3.63) is 83.1 Å². The van der Waals surface area contributed by atoms with Gasteiger partial charge in [0.25, 0.3) is 5.91 Å². The Labute approximate surface area is 208 Å². The van der Waals surface area contributed by atoms with Crippen LogP contribution in [-0.2, 0) is 23.4 Å². The molecule has 3 aromatic heterocycles. The summed E-state index contributed by atoms with van der Waals surface area (Å²) in [6, 6.07) is 12.4. The highest BCUT2D eigenvalue weighted by molar-refractivity contribution is 6.01. The standard InChI is InChI=1S/C27H27FN6O2/c1-32(2)16-22-21(27(36-3)10-11-27)7-8-24(30-22)31-34-15-20-18(5-4-6-19(20)26(34)35)23-14-29-25-13-17(28)9-12-33(23)25/h4-9,12-14H,10-11,15-16H2,1-3H3,(H,30,31). The van der Waals surface area contributed by atoms with Gasteiger partial charge in [0.15, 0.2) is 0 Å². The number of rotatable bonds is 7. The minimum Gasteiger partial charge on any atom is -0.373 e. The lowest BCUT2D eigenvalue weighted by Gasteiger charge is -2.23. The molecular weight excluding hydrogens is 459 g/mol. The first-order valence-corrected chi connectivity index (χ1v) is 11.9. The molecule has 0 atom stereocenters. The van der Waals surface area contributed by atoms with Crippen LogP contribution in [0.15, 0.2) is 54.9 Å². The Kier molecular flexibility index (Phi) is 5.27. The summed E-state index contributed by atoms with van der Waals surface area (Å²) in [6.45, 7) is 1.04. The van der Waals surface area contributed by atoms with Crippen LogP contribution >= 0.6 is 0 Å².